The lowest BCUT2D eigenvalue weighted by molar-refractivity contribution is -0.201. The predicted octanol–water partition coefficient (Wildman–Crippen LogP) is 3.84. The van der Waals surface area contributed by atoms with Gasteiger partial charge in [-0.05, 0) is 30.5 Å². The molecule has 110 valence electrons. The molecule has 0 radical (unpaired) electrons. The number of alkyl halides is 3. The Labute approximate surface area is 114 Å². The average Bonchev–Trinajstić information content (AvgIpc) is 2.37. The van der Waals surface area contributed by atoms with Crippen LogP contribution in [0.15, 0.2) is 24.3 Å². The highest BCUT2D eigenvalue weighted by atomic mass is 19.4. The van der Waals surface area contributed by atoms with Crippen LogP contribution in [-0.4, -0.2) is 12.3 Å². The summed E-state index contributed by atoms with van der Waals surface area (Å²) in [6, 6.07) is 5.06. The van der Waals surface area contributed by atoms with Gasteiger partial charge in [-0.25, -0.2) is 0 Å². The third kappa shape index (κ3) is 3.72. The smallest absolute Gasteiger partial charge is 0.416 e. The normalized spacial score (nSPS) is 23.4. The lowest BCUT2D eigenvalue weighted by Gasteiger charge is -2.29. The number of carbonyl (C=O) groups is 1. The van der Waals surface area contributed by atoms with Gasteiger partial charge >= 0.3 is 12.1 Å². The molecule has 2 atom stereocenters. The number of halogens is 3. The first-order valence-corrected chi connectivity index (χ1v) is 6.36. The van der Waals surface area contributed by atoms with Crippen LogP contribution in [0.4, 0.5) is 13.2 Å². The zero-order chi connectivity index (χ0) is 14.8. The van der Waals surface area contributed by atoms with Crippen LogP contribution in [0.3, 0.4) is 0 Å². The molecule has 2 unspecified atom stereocenters. The van der Waals surface area contributed by atoms with Crippen LogP contribution in [0.2, 0.25) is 0 Å². The van der Waals surface area contributed by atoms with E-state index in [1.165, 1.54) is 13.0 Å². The number of benzene rings is 1. The van der Waals surface area contributed by atoms with E-state index in [2.05, 4.69) is 0 Å². The van der Waals surface area contributed by atoms with Gasteiger partial charge < -0.3 is 9.47 Å². The first-order chi connectivity index (χ1) is 9.36. The molecule has 3 nitrogen and oxygen atoms in total. The highest BCUT2D eigenvalue weighted by Crippen LogP contribution is 2.35. The Bertz CT molecular complexity index is 485. The Hall–Kier alpha value is -1.56. The fourth-order valence-electron chi connectivity index (χ4n) is 2.22. The van der Waals surface area contributed by atoms with Crippen molar-refractivity contribution in [2.75, 3.05) is 0 Å². The maximum absolute atomic E-state index is 12.7. The summed E-state index contributed by atoms with van der Waals surface area (Å²) in [5, 5.41) is 0. The Morgan fingerprint density at radius 3 is 2.75 bits per heavy atom. The van der Waals surface area contributed by atoms with Crippen LogP contribution >= 0.6 is 0 Å². The maximum atomic E-state index is 12.7. The van der Waals surface area contributed by atoms with Crippen molar-refractivity contribution in [1.82, 2.24) is 0 Å². The molecule has 1 heterocycles. The van der Waals surface area contributed by atoms with Gasteiger partial charge in [0, 0.05) is 13.3 Å². The molecule has 1 aliphatic heterocycles. The largest absolute Gasteiger partial charge is 0.436 e. The van der Waals surface area contributed by atoms with Gasteiger partial charge in [-0.2, -0.15) is 13.2 Å². The Kier molecular flexibility index (Phi) is 4.32. The number of ether oxygens (including phenoxy) is 2. The number of hydrogen-bond donors (Lipinski definition) is 0. The second-order valence-electron chi connectivity index (χ2n) is 4.72. The third-order valence-electron chi connectivity index (χ3n) is 3.11. The second-order valence-corrected chi connectivity index (χ2v) is 4.72. The molecule has 6 heteroatoms. The zero-order valence-corrected chi connectivity index (χ0v) is 10.9. The van der Waals surface area contributed by atoms with Crippen molar-refractivity contribution in [3.05, 3.63) is 35.4 Å². The van der Waals surface area contributed by atoms with E-state index in [0.29, 0.717) is 18.4 Å². The molecule has 1 aromatic carbocycles. The summed E-state index contributed by atoms with van der Waals surface area (Å²) in [7, 11) is 0. The second kappa shape index (κ2) is 5.83. The molecule has 1 fully saturated rings. The molecule has 0 aliphatic carbocycles. The number of esters is 1. The molecule has 2 rings (SSSR count). The minimum Gasteiger partial charge on any atom is -0.436 e. The minimum atomic E-state index is -4.38. The highest BCUT2D eigenvalue weighted by molar-refractivity contribution is 5.66. The van der Waals surface area contributed by atoms with E-state index in [1.54, 1.807) is 6.07 Å². The van der Waals surface area contributed by atoms with Gasteiger partial charge in [0.25, 0.3) is 0 Å². The molecule has 0 spiro atoms. The third-order valence-corrected chi connectivity index (χ3v) is 3.11. The van der Waals surface area contributed by atoms with E-state index in [0.717, 1.165) is 18.6 Å². The van der Waals surface area contributed by atoms with E-state index in [4.69, 9.17) is 9.47 Å². The van der Waals surface area contributed by atoms with Gasteiger partial charge in [0.05, 0.1) is 11.7 Å². The quantitative estimate of drug-likeness (QED) is 0.776. The van der Waals surface area contributed by atoms with Crippen molar-refractivity contribution >= 4 is 5.97 Å². The van der Waals surface area contributed by atoms with Gasteiger partial charge in [-0.3, -0.25) is 4.79 Å². The summed E-state index contributed by atoms with van der Waals surface area (Å²) in [4.78, 5) is 10.9. The fourth-order valence-corrected chi connectivity index (χ4v) is 2.22. The summed E-state index contributed by atoms with van der Waals surface area (Å²) in [5.41, 5.74) is -0.245. The van der Waals surface area contributed by atoms with E-state index in [-0.39, 0.29) is 0 Å². The van der Waals surface area contributed by atoms with Gasteiger partial charge in [0.2, 0.25) is 6.29 Å². The van der Waals surface area contributed by atoms with Crippen LogP contribution in [0.1, 0.15) is 43.4 Å². The molecule has 20 heavy (non-hydrogen) atoms. The minimum absolute atomic E-state index is 0.455. The van der Waals surface area contributed by atoms with Crippen LogP contribution in [0.25, 0.3) is 0 Å². The Balaban J connectivity index is 2.13. The molecule has 0 amide bonds. The predicted molar refractivity (Wildman–Crippen MR) is 64.7 cm³/mol. The first-order valence-electron chi connectivity index (χ1n) is 6.36. The molecular weight excluding hydrogens is 273 g/mol. The fraction of sp³-hybridized carbons (Fsp3) is 0.500. The Morgan fingerprint density at radius 2 is 2.10 bits per heavy atom. The lowest BCUT2D eigenvalue weighted by atomic mass is 9.99. The van der Waals surface area contributed by atoms with Crippen LogP contribution < -0.4 is 0 Å². The van der Waals surface area contributed by atoms with Crippen LogP contribution in [0.5, 0.6) is 0 Å². The molecular formula is C14H15F3O3. The van der Waals surface area contributed by atoms with Crippen molar-refractivity contribution < 1.29 is 27.4 Å². The van der Waals surface area contributed by atoms with E-state index < -0.39 is 30.1 Å². The average molecular weight is 288 g/mol. The number of carbonyl (C=O) groups excluding carboxylic acids is 1. The molecule has 1 aromatic rings. The van der Waals surface area contributed by atoms with E-state index >= 15 is 0 Å². The molecule has 0 saturated carbocycles. The lowest BCUT2D eigenvalue weighted by Crippen LogP contribution is -2.26. The van der Waals surface area contributed by atoms with Crippen molar-refractivity contribution in [1.29, 1.82) is 0 Å². The zero-order valence-electron chi connectivity index (χ0n) is 10.9. The summed E-state index contributed by atoms with van der Waals surface area (Å²) in [6.45, 7) is 1.28. The van der Waals surface area contributed by atoms with Crippen molar-refractivity contribution in [3.63, 3.8) is 0 Å². The van der Waals surface area contributed by atoms with Crippen LogP contribution in [0, 0.1) is 0 Å². The topological polar surface area (TPSA) is 35.5 Å². The molecule has 0 bridgehead atoms. The summed E-state index contributed by atoms with van der Waals surface area (Å²) >= 11 is 0. The maximum Gasteiger partial charge on any atom is 0.416 e. The number of rotatable bonds is 2. The number of hydrogen-bond acceptors (Lipinski definition) is 3. The van der Waals surface area contributed by atoms with Crippen molar-refractivity contribution in [2.24, 2.45) is 0 Å². The van der Waals surface area contributed by atoms with Crippen molar-refractivity contribution in [2.45, 2.75) is 44.8 Å². The standard InChI is InChI=1S/C14H15F3O3/c1-9(18)19-13-7-3-6-12(20-13)10-4-2-5-11(8-10)14(15,16)17/h2,4-5,8,12-13H,3,6-7H2,1H3. The van der Waals surface area contributed by atoms with E-state index in [9.17, 15) is 18.0 Å². The van der Waals surface area contributed by atoms with E-state index in [1.807, 2.05) is 0 Å². The Morgan fingerprint density at radius 1 is 1.35 bits per heavy atom. The van der Waals surface area contributed by atoms with Gasteiger partial charge in [0.1, 0.15) is 0 Å². The summed E-state index contributed by atoms with van der Waals surface area (Å²) in [6.07, 6.45) is -3.62. The molecule has 1 saturated heterocycles. The molecule has 0 aromatic heterocycles. The summed E-state index contributed by atoms with van der Waals surface area (Å²) < 4.78 is 48.5. The molecule has 1 aliphatic rings. The van der Waals surface area contributed by atoms with Gasteiger partial charge in [0.15, 0.2) is 0 Å². The van der Waals surface area contributed by atoms with Gasteiger partial charge in [-0.1, -0.05) is 12.1 Å². The first kappa shape index (κ1) is 14.8. The summed E-state index contributed by atoms with van der Waals surface area (Å²) in [5.74, 6) is -0.459. The van der Waals surface area contributed by atoms with Gasteiger partial charge in [-0.15, -0.1) is 0 Å². The SMILES string of the molecule is CC(=O)OC1CCCC(c2cccc(C(F)(F)F)c2)O1. The monoisotopic (exact) mass is 288 g/mol. The highest BCUT2D eigenvalue weighted by Gasteiger charge is 2.32. The van der Waals surface area contributed by atoms with Crippen LogP contribution in [-0.2, 0) is 20.4 Å². The molecule has 0 N–H and O–H groups in total. The van der Waals surface area contributed by atoms with Crippen molar-refractivity contribution in [3.8, 4) is 0 Å².